The minimum absolute atomic E-state index is 0.138. The lowest BCUT2D eigenvalue weighted by molar-refractivity contribution is 0.430. The molecule has 24 heavy (non-hydrogen) atoms. The summed E-state index contributed by atoms with van der Waals surface area (Å²) in [4.78, 5) is 20.6. The van der Waals surface area contributed by atoms with E-state index < -0.39 is 0 Å². The molecule has 2 heterocycles. The first-order valence-corrected chi connectivity index (χ1v) is 9.20. The largest absolute Gasteiger partial charge is 0.382 e. The number of nitrogens with zero attached hydrogens (tertiary/aromatic N) is 3. The zero-order valence-electron chi connectivity index (χ0n) is 13.8. The van der Waals surface area contributed by atoms with Gasteiger partial charge in [-0.3, -0.25) is 9.36 Å². The Morgan fingerprint density at radius 3 is 2.62 bits per heavy atom. The van der Waals surface area contributed by atoms with Gasteiger partial charge in [-0.1, -0.05) is 42.4 Å². The van der Waals surface area contributed by atoms with Crippen LogP contribution in [0.2, 0.25) is 5.02 Å². The predicted octanol–water partition coefficient (Wildman–Crippen LogP) is 3.40. The van der Waals surface area contributed by atoms with Crippen LogP contribution in [0, 0.1) is 5.92 Å². The van der Waals surface area contributed by atoms with Gasteiger partial charge in [-0.05, 0) is 30.9 Å². The van der Waals surface area contributed by atoms with Crippen molar-refractivity contribution < 1.29 is 0 Å². The monoisotopic (exact) mass is 364 g/mol. The second-order valence-electron chi connectivity index (χ2n) is 6.19. The molecule has 3 rings (SSSR count). The van der Waals surface area contributed by atoms with Gasteiger partial charge in [0.05, 0.1) is 5.02 Å². The van der Waals surface area contributed by atoms with Gasteiger partial charge in [-0.2, -0.15) is 4.98 Å². The number of rotatable bonds is 3. The molecule has 0 bridgehead atoms. The lowest BCUT2D eigenvalue weighted by atomic mass is 10.00. The Balaban J connectivity index is 1.94. The fourth-order valence-corrected chi connectivity index (χ4v) is 3.97. The molecular weight excluding hydrogens is 344 g/mol. The lowest BCUT2D eigenvalue weighted by Crippen LogP contribution is -2.38. The first-order chi connectivity index (χ1) is 11.5. The minimum atomic E-state index is -0.138. The van der Waals surface area contributed by atoms with E-state index in [2.05, 4.69) is 16.8 Å². The van der Waals surface area contributed by atoms with Gasteiger partial charge in [0, 0.05) is 25.0 Å². The molecule has 1 aromatic carbocycles. The van der Waals surface area contributed by atoms with Crippen LogP contribution in [-0.4, -0.2) is 22.6 Å². The standard InChI is InChI=1S/C17H21ClN4OS/c1-11-7-9-22(10-8-11)17-20-15(19)14(16(23)21(17)2)24-13-6-4-3-5-12(13)18/h3-6,11H,7-10,19H2,1-2H3. The maximum Gasteiger partial charge on any atom is 0.270 e. The molecule has 0 unspecified atom stereocenters. The molecule has 5 nitrogen and oxygen atoms in total. The average Bonchev–Trinajstić information content (AvgIpc) is 2.57. The maximum absolute atomic E-state index is 12.8. The molecule has 1 saturated heterocycles. The molecule has 0 saturated carbocycles. The number of halogens is 1. The van der Waals surface area contributed by atoms with Gasteiger partial charge in [0.25, 0.3) is 5.56 Å². The number of piperidine rings is 1. The zero-order chi connectivity index (χ0) is 17.3. The van der Waals surface area contributed by atoms with Crippen molar-refractivity contribution >= 4 is 35.1 Å². The quantitative estimate of drug-likeness (QED) is 0.904. The van der Waals surface area contributed by atoms with Crippen molar-refractivity contribution in [2.45, 2.75) is 29.6 Å². The summed E-state index contributed by atoms with van der Waals surface area (Å²) >= 11 is 7.45. The van der Waals surface area contributed by atoms with Crippen LogP contribution < -0.4 is 16.2 Å². The van der Waals surface area contributed by atoms with E-state index in [4.69, 9.17) is 17.3 Å². The summed E-state index contributed by atoms with van der Waals surface area (Å²) in [6, 6.07) is 7.39. The van der Waals surface area contributed by atoms with Crippen molar-refractivity contribution in [3.05, 3.63) is 39.6 Å². The summed E-state index contributed by atoms with van der Waals surface area (Å²) in [5.41, 5.74) is 5.97. The van der Waals surface area contributed by atoms with E-state index in [9.17, 15) is 4.79 Å². The zero-order valence-corrected chi connectivity index (χ0v) is 15.4. The molecule has 0 atom stereocenters. The molecule has 0 spiro atoms. The Kier molecular flexibility index (Phi) is 5.06. The van der Waals surface area contributed by atoms with Crippen LogP contribution >= 0.6 is 23.4 Å². The normalized spacial score (nSPS) is 15.7. The Morgan fingerprint density at radius 2 is 1.96 bits per heavy atom. The molecule has 1 fully saturated rings. The molecule has 0 radical (unpaired) electrons. The van der Waals surface area contributed by atoms with Crippen LogP contribution in [0.3, 0.4) is 0 Å². The third-order valence-electron chi connectivity index (χ3n) is 4.37. The Morgan fingerprint density at radius 1 is 1.29 bits per heavy atom. The number of aromatic nitrogens is 2. The highest BCUT2D eigenvalue weighted by atomic mass is 35.5. The molecular formula is C17H21ClN4OS. The number of benzene rings is 1. The second-order valence-corrected chi connectivity index (χ2v) is 7.65. The summed E-state index contributed by atoms with van der Waals surface area (Å²) in [5, 5.41) is 0.595. The second kappa shape index (κ2) is 7.07. The molecule has 1 aliphatic heterocycles. The van der Waals surface area contributed by atoms with Gasteiger partial charge in [-0.15, -0.1) is 0 Å². The van der Waals surface area contributed by atoms with Crippen LogP contribution in [0.4, 0.5) is 11.8 Å². The third kappa shape index (κ3) is 3.39. The van der Waals surface area contributed by atoms with E-state index in [1.54, 1.807) is 17.7 Å². The topological polar surface area (TPSA) is 64.2 Å². The lowest BCUT2D eigenvalue weighted by Gasteiger charge is -2.32. The van der Waals surface area contributed by atoms with Crippen LogP contribution in [0.15, 0.2) is 38.9 Å². The molecule has 0 amide bonds. The highest BCUT2D eigenvalue weighted by Gasteiger charge is 2.22. The van der Waals surface area contributed by atoms with E-state index in [0.717, 1.165) is 30.8 Å². The van der Waals surface area contributed by atoms with Crippen molar-refractivity contribution in [3.8, 4) is 0 Å². The molecule has 2 aromatic rings. The van der Waals surface area contributed by atoms with Gasteiger partial charge in [0.15, 0.2) is 0 Å². The Hall–Kier alpha value is -1.66. The fourth-order valence-electron chi connectivity index (χ4n) is 2.81. The van der Waals surface area contributed by atoms with E-state index >= 15 is 0 Å². The van der Waals surface area contributed by atoms with Gasteiger partial charge in [-0.25, -0.2) is 0 Å². The molecule has 1 aliphatic rings. The highest BCUT2D eigenvalue weighted by Crippen LogP contribution is 2.34. The van der Waals surface area contributed by atoms with Crippen molar-refractivity contribution in [1.82, 2.24) is 9.55 Å². The van der Waals surface area contributed by atoms with Crippen molar-refractivity contribution in [3.63, 3.8) is 0 Å². The number of hydrogen-bond donors (Lipinski definition) is 1. The average molecular weight is 365 g/mol. The summed E-state index contributed by atoms with van der Waals surface area (Å²) in [7, 11) is 1.75. The SMILES string of the molecule is CC1CCN(c2nc(N)c(Sc3ccccc3Cl)c(=O)n2C)CC1. The smallest absolute Gasteiger partial charge is 0.270 e. The maximum atomic E-state index is 12.8. The van der Waals surface area contributed by atoms with E-state index in [0.29, 0.717) is 21.8 Å². The minimum Gasteiger partial charge on any atom is -0.382 e. The fraction of sp³-hybridized carbons (Fsp3) is 0.412. The first kappa shape index (κ1) is 17.2. The molecule has 1 aromatic heterocycles. The van der Waals surface area contributed by atoms with Crippen molar-refractivity contribution in [1.29, 1.82) is 0 Å². The van der Waals surface area contributed by atoms with Crippen LogP contribution in [0.25, 0.3) is 0 Å². The van der Waals surface area contributed by atoms with Gasteiger partial charge < -0.3 is 10.6 Å². The number of anilines is 2. The number of nitrogen functional groups attached to an aromatic ring is 1. The predicted molar refractivity (Wildman–Crippen MR) is 100 cm³/mol. The van der Waals surface area contributed by atoms with Crippen molar-refractivity contribution in [2.75, 3.05) is 23.7 Å². The van der Waals surface area contributed by atoms with Crippen LogP contribution in [0.1, 0.15) is 19.8 Å². The van der Waals surface area contributed by atoms with Gasteiger partial charge >= 0.3 is 0 Å². The van der Waals surface area contributed by atoms with E-state index in [-0.39, 0.29) is 11.4 Å². The Bertz CT molecular complexity index is 800. The summed E-state index contributed by atoms with van der Waals surface area (Å²) < 4.78 is 1.59. The van der Waals surface area contributed by atoms with Crippen LogP contribution in [-0.2, 0) is 7.05 Å². The molecule has 2 N–H and O–H groups in total. The summed E-state index contributed by atoms with van der Waals surface area (Å²) in [6.07, 6.45) is 2.21. The van der Waals surface area contributed by atoms with Gasteiger partial charge in [0.1, 0.15) is 10.7 Å². The third-order valence-corrected chi connectivity index (χ3v) is 5.97. The molecule has 7 heteroatoms. The first-order valence-electron chi connectivity index (χ1n) is 8.01. The highest BCUT2D eigenvalue weighted by molar-refractivity contribution is 7.99. The van der Waals surface area contributed by atoms with Crippen LogP contribution in [0.5, 0.6) is 0 Å². The van der Waals surface area contributed by atoms with Crippen molar-refractivity contribution in [2.24, 2.45) is 13.0 Å². The van der Waals surface area contributed by atoms with E-state index in [1.165, 1.54) is 11.8 Å². The summed E-state index contributed by atoms with van der Waals surface area (Å²) in [5.74, 6) is 1.62. The number of nitrogens with two attached hydrogens (primary N) is 1. The molecule has 128 valence electrons. The van der Waals surface area contributed by atoms with E-state index in [1.807, 2.05) is 18.2 Å². The number of hydrogen-bond acceptors (Lipinski definition) is 5. The summed E-state index contributed by atoms with van der Waals surface area (Å²) in [6.45, 7) is 4.05. The van der Waals surface area contributed by atoms with Gasteiger partial charge in [0.2, 0.25) is 5.95 Å². The molecule has 0 aliphatic carbocycles. The Labute approximate surface area is 150 Å².